The molecule has 0 bridgehead atoms. The molecule has 7 heteroatoms. The molecular weight excluding hydrogens is 530 g/mol. The molecule has 1 aromatic rings. The number of halogens is 1. The number of nitrogens with zero attached hydrogens (tertiary/aromatic N) is 1. The number of allylic oxidation sites excluding steroid dienone is 8. The second-order valence-electron chi connectivity index (χ2n) is 9.53. The Kier molecular flexibility index (Phi) is 9.31. The van der Waals surface area contributed by atoms with Crippen molar-refractivity contribution in [1.82, 2.24) is 4.90 Å². The van der Waals surface area contributed by atoms with Crippen molar-refractivity contribution in [1.29, 1.82) is 0 Å². The van der Waals surface area contributed by atoms with Crippen LogP contribution in [0, 0.1) is 0 Å². The maximum atomic E-state index is 13.0. The first kappa shape index (κ1) is 28.7. The number of amides is 1. The number of hydrogen-bond donors (Lipinski definition) is 0. The SMILES string of the molecule is C/C=C/Cl.C=C/C(=C\C)C(=O)N1CCC2(CC1)CSC1=C(O2)C2=CC(c3ccccc3)=CCC=C2C(=O)C1=O. The normalized spacial score (nSPS) is 20.5. The minimum atomic E-state index is -0.486. The zero-order valence-electron chi connectivity index (χ0n) is 22.2. The fraction of sp³-hybridized carbons (Fsp3) is 0.281. The Morgan fingerprint density at radius 2 is 1.77 bits per heavy atom. The van der Waals surface area contributed by atoms with Gasteiger partial charge in [0.05, 0.1) is 0 Å². The van der Waals surface area contributed by atoms with Crippen LogP contribution in [0.5, 0.6) is 0 Å². The van der Waals surface area contributed by atoms with Gasteiger partial charge in [-0.2, -0.15) is 0 Å². The molecule has 5 rings (SSSR count). The van der Waals surface area contributed by atoms with Gasteiger partial charge in [-0.25, -0.2) is 0 Å². The molecule has 4 aliphatic rings. The molecule has 0 saturated carbocycles. The number of rotatable bonds is 3. The minimum Gasteiger partial charge on any atom is -0.484 e. The van der Waals surface area contributed by atoms with Crippen molar-refractivity contribution in [2.75, 3.05) is 18.8 Å². The largest absolute Gasteiger partial charge is 0.484 e. The third-order valence-corrected chi connectivity index (χ3v) is 8.71. The van der Waals surface area contributed by atoms with Crippen LogP contribution < -0.4 is 0 Å². The van der Waals surface area contributed by atoms with Gasteiger partial charge < -0.3 is 9.64 Å². The van der Waals surface area contributed by atoms with E-state index in [1.165, 1.54) is 17.3 Å². The Balaban J connectivity index is 0.000000826. The molecule has 0 N–H and O–H groups in total. The van der Waals surface area contributed by atoms with Gasteiger partial charge in [0.2, 0.25) is 11.6 Å². The van der Waals surface area contributed by atoms with E-state index in [1.807, 2.05) is 61.2 Å². The number of thioether (sulfide) groups is 1. The average molecular weight is 562 g/mol. The lowest BCUT2D eigenvalue weighted by Gasteiger charge is -2.45. The number of Topliss-reactive ketones (excluding diaryl/α,β-unsaturated/α-hetero) is 2. The summed E-state index contributed by atoms with van der Waals surface area (Å²) in [7, 11) is 0. The monoisotopic (exact) mass is 561 g/mol. The van der Waals surface area contributed by atoms with Crippen molar-refractivity contribution in [2.24, 2.45) is 0 Å². The first-order chi connectivity index (χ1) is 18.9. The Morgan fingerprint density at radius 1 is 1.08 bits per heavy atom. The van der Waals surface area contributed by atoms with Crippen molar-refractivity contribution in [2.45, 2.75) is 38.7 Å². The van der Waals surface area contributed by atoms with Crippen LogP contribution >= 0.6 is 23.4 Å². The smallest absolute Gasteiger partial charge is 0.253 e. The van der Waals surface area contributed by atoms with Crippen molar-refractivity contribution >= 4 is 46.4 Å². The molecule has 2 aliphatic heterocycles. The van der Waals surface area contributed by atoms with Gasteiger partial charge in [0.1, 0.15) is 16.3 Å². The van der Waals surface area contributed by atoms with Crippen LogP contribution in [0.3, 0.4) is 0 Å². The van der Waals surface area contributed by atoms with Crippen LogP contribution in [0.1, 0.15) is 38.7 Å². The lowest BCUT2D eigenvalue weighted by molar-refractivity contribution is -0.133. The molecule has 1 amide bonds. The minimum absolute atomic E-state index is 0.0199. The number of likely N-dealkylation sites (tertiary alicyclic amines) is 1. The number of carbonyl (C=O) groups is 3. The highest BCUT2D eigenvalue weighted by Gasteiger charge is 2.47. The molecule has 202 valence electrons. The number of hydrogen-bond acceptors (Lipinski definition) is 5. The van der Waals surface area contributed by atoms with Gasteiger partial charge >= 0.3 is 0 Å². The van der Waals surface area contributed by atoms with Crippen LogP contribution in [0.15, 0.2) is 106 Å². The zero-order chi connectivity index (χ0) is 28.0. The topological polar surface area (TPSA) is 63.7 Å². The van der Waals surface area contributed by atoms with E-state index in [0.29, 0.717) is 65.5 Å². The third-order valence-electron chi connectivity index (χ3n) is 7.13. The Morgan fingerprint density at radius 3 is 2.38 bits per heavy atom. The molecule has 0 unspecified atom stereocenters. The molecule has 1 fully saturated rings. The van der Waals surface area contributed by atoms with Crippen LogP contribution in [0.4, 0.5) is 0 Å². The predicted molar refractivity (Wildman–Crippen MR) is 159 cm³/mol. The molecule has 1 saturated heterocycles. The standard InChI is InChI=1S/C29H27NO4S.C3H5Cl/c1-3-19(4-2)28(33)30-15-13-29(14-16-30)18-35-27-25(32)24(31)22-12-8-11-21(17-23(22)26(27)34-29)20-9-6-5-7-10-20;1-2-3-4/h3-7,9-12,17H,1,8,13-16,18H2,2H3;2-3H,1H3/b19-4+;3-2+. The van der Waals surface area contributed by atoms with E-state index in [1.54, 1.807) is 18.2 Å². The van der Waals surface area contributed by atoms with Gasteiger partial charge in [-0.15, -0.1) is 11.8 Å². The third kappa shape index (κ3) is 5.97. The average Bonchev–Trinajstić information content (AvgIpc) is 3.21. The van der Waals surface area contributed by atoms with Crippen molar-refractivity contribution in [3.8, 4) is 0 Å². The van der Waals surface area contributed by atoms with E-state index in [2.05, 4.69) is 12.7 Å². The zero-order valence-corrected chi connectivity index (χ0v) is 23.8. The highest BCUT2D eigenvalue weighted by atomic mass is 35.5. The number of ether oxygens (including phenoxy) is 1. The van der Waals surface area contributed by atoms with Gasteiger partial charge in [-0.05, 0) is 43.0 Å². The fourth-order valence-corrected chi connectivity index (χ4v) is 6.21. The Bertz CT molecular complexity index is 1350. The van der Waals surface area contributed by atoms with Crippen LogP contribution in [0.25, 0.3) is 5.57 Å². The number of carbonyl (C=O) groups excluding carboxylic acids is 3. The molecule has 1 spiro atoms. The van der Waals surface area contributed by atoms with E-state index in [4.69, 9.17) is 16.3 Å². The molecule has 2 aliphatic carbocycles. The summed E-state index contributed by atoms with van der Waals surface area (Å²) in [6.07, 6.45) is 12.9. The quantitative estimate of drug-likeness (QED) is 0.233. The summed E-state index contributed by atoms with van der Waals surface area (Å²) in [5.41, 5.74) is 4.74. The molecule has 0 radical (unpaired) electrons. The number of fused-ring (bicyclic) bond motifs is 2. The second kappa shape index (κ2) is 12.7. The molecule has 39 heavy (non-hydrogen) atoms. The maximum Gasteiger partial charge on any atom is 0.253 e. The summed E-state index contributed by atoms with van der Waals surface area (Å²) in [4.78, 5) is 40.9. The fourth-order valence-electron chi connectivity index (χ4n) is 4.95. The summed E-state index contributed by atoms with van der Waals surface area (Å²) in [6.45, 7) is 8.57. The molecular formula is C32H32ClNO4S. The number of ketones is 2. The van der Waals surface area contributed by atoms with E-state index >= 15 is 0 Å². The lowest BCUT2D eigenvalue weighted by atomic mass is 9.87. The van der Waals surface area contributed by atoms with Gasteiger partial charge in [0.25, 0.3) is 5.91 Å². The summed E-state index contributed by atoms with van der Waals surface area (Å²) < 4.78 is 6.66. The number of piperidine rings is 1. The first-order valence-corrected chi connectivity index (χ1v) is 14.4. The van der Waals surface area contributed by atoms with E-state index in [-0.39, 0.29) is 5.91 Å². The predicted octanol–water partition coefficient (Wildman–Crippen LogP) is 6.71. The summed E-state index contributed by atoms with van der Waals surface area (Å²) >= 11 is 6.42. The van der Waals surface area contributed by atoms with Gasteiger partial charge in [-0.1, -0.05) is 78.9 Å². The molecule has 2 heterocycles. The number of benzene rings is 1. The van der Waals surface area contributed by atoms with Crippen LogP contribution in [0.2, 0.25) is 0 Å². The summed E-state index contributed by atoms with van der Waals surface area (Å²) in [5, 5.41) is 0. The van der Waals surface area contributed by atoms with Crippen molar-refractivity contribution in [3.63, 3.8) is 0 Å². The van der Waals surface area contributed by atoms with Gasteiger partial charge in [-0.3, -0.25) is 14.4 Å². The molecule has 1 aromatic carbocycles. The maximum absolute atomic E-state index is 13.0. The van der Waals surface area contributed by atoms with E-state index in [0.717, 1.165) is 11.1 Å². The summed E-state index contributed by atoms with van der Waals surface area (Å²) in [5.74, 6) is 0.129. The van der Waals surface area contributed by atoms with Crippen LogP contribution in [-0.4, -0.2) is 46.8 Å². The molecule has 5 nitrogen and oxygen atoms in total. The van der Waals surface area contributed by atoms with Gasteiger partial charge in [0, 0.05) is 48.4 Å². The summed E-state index contributed by atoms with van der Waals surface area (Å²) in [6, 6.07) is 10.0. The highest BCUT2D eigenvalue weighted by molar-refractivity contribution is 8.04. The molecule has 0 atom stereocenters. The van der Waals surface area contributed by atoms with Crippen LogP contribution in [-0.2, 0) is 19.1 Å². The lowest BCUT2D eigenvalue weighted by Crippen LogP contribution is -2.51. The first-order valence-electron chi connectivity index (χ1n) is 13.0. The Hall–Kier alpha value is -3.35. The second-order valence-corrected chi connectivity index (χ2v) is 10.8. The Labute approximate surface area is 239 Å². The van der Waals surface area contributed by atoms with E-state index < -0.39 is 17.2 Å². The highest BCUT2D eigenvalue weighted by Crippen LogP contribution is 2.48. The van der Waals surface area contributed by atoms with Gasteiger partial charge in [0.15, 0.2) is 0 Å². The molecule has 0 aromatic heterocycles. The van der Waals surface area contributed by atoms with Crippen molar-refractivity contribution in [3.05, 3.63) is 112 Å². The van der Waals surface area contributed by atoms with E-state index in [9.17, 15) is 14.4 Å². The van der Waals surface area contributed by atoms with Crippen molar-refractivity contribution < 1.29 is 19.1 Å².